The summed E-state index contributed by atoms with van der Waals surface area (Å²) >= 11 is 19.5. The number of halogens is 6. The van der Waals surface area contributed by atoms with Crippen molar-refractivity contribution in [2.24, 2.45) is 23.2 Å². The van der Waals surface area contributed by atoms with Crippen LogP contribution in [0.1, 0.15) is 101 Å². The van der Waals surface area contributed by atoms with Crippen LogP contribution in [0.3, 0.4) is 0 Å². The molecule has 1 aliphatic rings. The third-order valence-corrected chi connectivity index (χ3v) is 23.4. The van der Waals surface area contributed by atoms with Gasteiger partial charge in [0.25, 0.3) is 0 Å². The topological polar surface area (TPSA) is 171 Å². The first-order valence-electron chi connectivity index (χ1n) is 24.5. The smallest absolute Gasteiger partial charge is 0.180 e. The van der Waals surface area contributed by atoms with Gasteiger partial charge >= 0.3 is 0 Å². The number of sulfone groups is 5. The maximum Gasteiger partial charge on any atom is 0.180 e. The van der Waals surface area contributed by atoms with E-state index >= 15 is 0 Å². The molecule has 1 aliphatic carbocycles. The highest BCUT2D eigenvalue weighted by atomic mass is 79.9. The minimum absolute atomic E-state index is 0.168. The molecule has 0 N–H and O–H groups in total. The number of rotatable bonds is 16. The quantitative estimate of drug-likeness (QED) is 0.0866. The van der Waals surface area contributed by atoms with E-state index in [2.05, 4.69) is 95.6 Å². The summed E-state index contributed by atoms with van der Waals surface area (Å²) in [5, 5.41) is 0.696. The molecule has 21 heteroatoms. The first-order chi connectivity index (χ1) is 35.0. The van der Waals surface area contributed by atoms with Gasteiger partial charge in [-0.3, -0.25) is 0 Å². The van der Waals surface area contributed by atoms with E-state index in [1.165, 1.54) is 0 Å². The maximum absolute atomic E-state index is 12.1. The molecule has 0 radical (unpaired) electrons. The van der Waals surface area contributed by atoms with E-state index in [1.807, 2.05) is 55.4 Å². The predicted octanol–water partition coefficient (Wildman–Crippen LogP) is 16.9. The monoisotopic (exact) mass is 1530 g/mol. The molecule has 0 bridgehead atoms. The second kappa shape index (κ2) is 34.2. The van der Waals surface area contributed by atoms with Crippen LogP contribution in [0.2, 0.25) is 0 Å². The minimum Gasteiger partial charge on any atom is -0.224 e. The van der Waals surface area contributed by atoms with E-state index in [9.17, 15) is 42.1 Å². The van der Waals surface area contributed by atoms with Gasteiger partial charge in [-0.1, -0.05) is 164 Å². The molecule has 0 spiro atoms. The fraction of sp³-hybridized carbons (Fsp3) is 0.455. The number of alkyl halides is 1. The fourth-order valence-electron chi connectivity index (χ4n) is 6.25. The van der Waals surface area contributed by atoms with Crippen LogP contribution in [0.5, 0.6) is 0 Å². The lowest BCUT2D eigenvalue weighted by Gasteiger charge is -2.17. The molecule has 0 amide bonds. The summed E-state index contributed by atoms with van der Waals surface area (Å²) in [5.74, 6) is 2.04. The third-order valence-electron chi connectivity index (χ3n) is 10.8. The Morgan fingerprint density at radius 1 is 0.461 bits per heavy atom. The molecule has 5 aromatic rings. The van der Waals surface area contributed by atoms with Gasteiger partial charge in [-0.05, 0) is 178 Å². The van der Waals surface area contributed by atoms with Crippen LogP contribution < -0.4 is 0 Å². The summed E-state index contributed by atoms with van der Waals surface area (Å²) in [7, 11) is -15.5. The van der Waals surface area contributed by atoms with Crippen LogP contribution in [-0.4, -0.2) is 75.7 Å². The van der Waals surface area contributed by atoms with E-state index in [-0.39, 0.29) is 33.8 Å². The Morgan fingerprint density at radius 2 is 0.750 bits per heavy atom. The van der Waals surface area contributed by atoms with Crippen LogP contribution in [0.15, 0.2) is 168 Å². The Labute approximate surface area is 507 Å². The third kappa shape index (κ3) is 28.9. The molecule has 0 unspecified atom stereocenters. The molecule has 6 rings (SSSR count). The highest BCUT2D eigenvalue weighted by molar-refractivity contribution is 9.11. The summed E-state index contributed by atoms with van der Waals surface area (Å²) in [6, 6.07) is 33.9. The van der Waals surface area contributed by atoms with E-state index in [0.29, 0.717) is 48.5 Å². The van der Waals surface area contributed by atoms with E-state index in [4.69, 9.17) is 0 Å². The van der Waals surface area contributed by atoms with Crippen LogP contribution in [-0.2, 0) is 49.2 Å². The second-order valence-corrected chi connectivity index (χ2v) is 36.0. The fourth-order valence-corrected chi connectivity index (χ4v) is 15.6. The van der Waals surface area contributed by atoms with Gasteiger partial charge in [-0.2, -0.15) is 0 Å². The number of hydrogen-bond acceptors (Lipinski definition) is 10. The molecular formula is C55H74Br6O10S5. The van der Waals surface area contributed by atoms with Crippen molar-refractivity contribution in [3.8, 4) is 0 Å². The molecule has 1 fully saturated rings. The second-order valence-electron chi connectivity index (χ2n) is 19.6. The van der Waals surface area contributed by atoms with Crippen LogP contribution in [0.25, 0.3) is 0 Å². The first kappa shape index (κ1) is 72.7. The zero-order chi connectivity index (χ0) is 58.3. The van der Waals surface area contributed by atoms with Crippen LogP contribution >= 0.6 is 95.6 Å². The summed E-state index contributed by atoms with van der Waals surface area (Å²) in [6.07, 6.45) is 4.66. The van der Waals surface area contributed by atoms with Crippen molar-refractivity contribution in [2.75, 3.05) is 28.3 Å². The van der Waals surface area contributed by atoms with Crippen LogP contribution in [0, 0.1) is 23.2 Å². The summed E-state index contributed by atoms with van der Waals surface area (Å²) in [6.45, 7) is 19.3. The molecule has 0 saturated heterocycles. The number of hydrogen-bond donors (Lipinski definition) is 0. The molecule has 426 valence electrons. The van der Waals surface area contributed by atoms with Crippen LogP contribution in [0.4, 0.5) is 0 Å². The van der Waals surface area contributed by atoms with E-state index < -0.39 is 49.2 Å². The minimum atomic E-state index is -3.16. The van der Waals surface area contributed by atoms with Crippen molar-refractivity contribution < 1.29 is 42.1 Å². The zero-order valence-electron chi connectivity index (χ0n) is 44.8. The largest absolute Gasteiger partial charge is 0.224 e. The Hall–Kier alpha value is -1.27. The Balaban J connectivity index is 0.000000469. The molecule has 1 saturated carbocycles. The molecular weight excluding hydrogens is 1460 g/mol. The van der Waals surface area contributed by atoms with Gasteiger partial charge in [0.15, 0.2) is 49.2 Å². The van der Waals surface area contributed by atoms with E-state index in [1.54, 1.807) is 135 Å². The van der Waals surface area contributed by atoms with Crippen molar-refractivity contribution in [3.63, 3.8) is 0 Å². The standard InChI is InChI=1S/C12H17BrO2S.2C11H15BrO2S.C10H11BrO2S.C9H11BrO2S.C2H5Br/c1-3-10(4-2)9-16(14,15)12-7-5-11(13)6-8-12;1-11(2,3)8-15(13,14)10-6-4-9(12)5-7-10;1-9(2)7-8-15(13,14)11-5-3-10(12)4-6-11;11-9-3-5-10(6-4-9)14(12,13)7-8-1-2-8;1-7(2)13(11,12)9-5-3-8(10)4-6-9;1-2-3/h5-8,10H,3-4,9H2,1-2H3;4-7H,8H2,1-3H3;3-6,9H,7-8H2,1-2H3;3-6,8H,1-2,7H2;3-7H,1-2H3;2H2,1H3. The van der Waals surface area contributed by atoms with Gasteiger partial charge in [0.1, 0.15) is 0 Å². The Morgan fingerprint density at radius 3 is 1.03 bits per heavy atom. The lowest BCUT2D eigenvalue weighted by atomic mass is 10.0. The van der Waals surface area contributed by atoms with Gasteiger partial charge in [0, 0.05) is 27.7 Å². The molecule has 0 heterocycles. The maximum atomic E-state index is 12.1. The number of benzene rings is 5. The van der Waals surface area contributed by atoms with Gasteiger partial charge in [-0.15, -0.1) is 0 Å². The first-order valence-corrected chi connectivity index (χ1v) is 37.8. The van der Waals surface area contributed by atoms with Crippen molar-refractivity contribution in [1.82, 2.24) is 0 Å². The highest BCUT2D eigenvalue weighted by Gasteiger charge is 2.29. The predicted molar refractivity (Wildman–Crippen MR) is 336 cm³/mol. The normalized spacial score (nSPS) is 12.8. The molecule has 0 aromatic heterocycles. The Bertz CT molecular complexity index is 3050. The lowest BCUT2D eigenvalue weighted by molar-refractivity contribution is 0.461. The molecule has 76 heavy (non-hydrogen) atoms. The lowest BCUT2D eigenvalue weighted by Crippen LogP contribution is -2.20. The average molecular weight is 1530 g/mol. The average Bonchev–Trinajstić information content (AvgIpc) is 4.14. The molecule has 5 aromatic carbocycles. The van der Waals surface area contributed by atoms with Gasteiger partial charge < -0.3 is 0 Å². The molecule has 0 aliphatic heterocycles. The summed E-state index contributed by atoms with van der Waals surface area (Å²) in [5.41, 5.74) is -0.216. The summed E-state index contributed by atoms with van der Waals surface area (Å²) in [4.78, 5) is 2.04. The van der Waals surface area contributed by atoms with E-state index in [0.717, 1.165) is 53.4 Å². The van der Waals surface area contributed by atoms with Crippen molar-refractivity contribution in [3.05, 3.63) is 144 Å². The van der Waals surface area contributed by atoms with Crippen molar-refractivity contribution in [1.29, 1.82) is 0 Å². The highest BCUT2D eigenvalue weighted by Crippen LogP contribution is 2.32. The zero-order valence-corrected chi connectivity index (χ0v) is 58.4. The molecule has 0 atom stereocenters. The summed E-state index contributed by atoms with van der Waals surface area (Å²) < 4.78 is 123. The van der Waals surface area contributed by atoms with Crippen molar-refractivity contribution in [2.45, 2.75) is 131 Å². The SMILES string of the molecule is CC(C)(C)CS(=O)(=O)c1ccc(Br)cc1.CC(C)CCS(=O)(=O)c1ccc(Br)cc1.CC(C)S(=O)(=O)c1ccc(Br)cc1.CCBr.CCC(CC)CS(=O)(=O)c1ccc(Br)cc1.O=S(=O)(CC1CC1)c1ccc(Br)cc1. The van der Waals surface area contributed by atoms with Crippen molar-refractivity contribution >= 4 is 145 Å². The van der Waals surface area contributed by atoms with Gasteiger partial charge in [0.2, 0.25) is 0 Å². The van der Waals surface area contributed by atoms with Gasteiger partial charge in [0.05, 0.1) is 52.7 Å². The van der Waals surface area contributed by atoms with Gasteiger partial charge in [-0.25, -0.2) is 42.1 Å². The molecule has 10 nitrogen and oxygen atoms in total. The Kier molecular flexibility index (Phi) is 32.8.